The van der Waals surface area contributed by atoms with E-state index in [-0.39, 0.29) is 0 Å². The maximum Gasteiger partial charge on any atom is 0.0589 e. The molecule has 0 aromatic heterocycles. The standard InChI is InChI=1S/C10H22N2O/c1-5-6-12(7-8-13-4)9-10(2)11-3/h5,10-11H,1,6-9H2,2-4H3. The summed E-state index contributed by atoms with van der Waals surface area (Å²) in [6.45, 7) is 9.62. The average molecular weight is 186 g/mol. The number of hydrogen-bond donors (Lipinski definition) is 1. The lowest BCUT2D eigenvalue weighted by Gasteiger charge is -2.23. The van der Waals surface area contributed by atoms with Crippen LogP contribution >= 0.6 is 0 Å². The molecule has 3 heteroatoms. The predicted molar refractivity (Wildman–Crippen MR) is 57.0 cm³/mol. The van der Waals surface area contributed by atoms with Crippen molar-refractivity contribution in [3.63, 3.8) is 0 Å². The predicted octanol–water partition coefficient (Wildman–Crippen LogP) is 0.729. The first-order chi connectivity index (χ1) is 6.24. The summed E-state index contributed by atoms with van der Waals surface area (Å²) in [5, 5.41) is 3.21. The summed E-state index contributed by atoms with van der Waals surface area (Å²) in [6, 6.07) is 0.511. The molecule has 0 aliphatic rings. The number of nitrogens with one attached hydrogen (secondary N) is 1. The zero-order chi connectivity index (χ0) is 10.1. The minimum Gasteiger partial charge on any atom is -0.383 e. The Morgan fingerprint density at radius 3 is 2.77 bits per heavy atom. The van der Waals surface area contributed by atoms with Crippen molar-refractivity contribution in [1.82, 2.24) is 10.2 Å². The van der Waals surface area contributed by atoms with E-state index in [4.69, 9.17) is 4.74 Å². The van der Waals surface area contributed by atoms with Crippen LogP contribution in [-0.2, 0) is 4.74 Å². The molecule has 1 atom stereocenters. The molecule has 0 saturated carbocycles. The molecule has 1 unspecified atom stereocenters. The summed E-state index contributed by atoms with van der Waals surface area (Å²) in [6.07, 6.45) is 1.93. The van der Waals surface area contributed by atoms with E-state index in [1.54, 1.807) is 7.11 Å². The van der Waals surface area contributed by atoms with Crippen molar-refractivity contribution < 1.29 is 4.74 Å². The number of ether oxygens (including phenoxy) is 1. The van der Waals surface area contributed by atoms with E-state index in [0.717, 1.165) is 26.2 Å². The number of likely N-dealkylation sites (N-methyl/N-ethyl adjacent to an activating group) is 1. The fourth-order valence-electron chi connectivity index (χ4n) is 1.14. The second-order valence-electron chi connectivity index (χ2n) is 3.23. The van der Waals surface area contributed by atoms with Crippen molar-refractivity contribution in [1.29, 1.82) is 0 Å². The maximum atomic E-state index is 5.04. The Bertz CT molecular complexity index is 128. The van der Waals surface area contributed by atoms with Crippen LogP contribution in [0.15, 0.2) is 12.7 Å². The van der Waals surface area contributed by atoms with E-state index in [9.17, 15) is 0 Å². The van der Waals surface area contributed by atoms with Crippen molar-refractivity contribution >= 4 is 0 Å². The molecule has 13 heavy (non-hydrogen) atoms. The highest BCUT2D eigenvalue weighted by atomic mass is 16.5. The molecular weight excluding hydrogens is 164 g/mol. The van der Waals surface area contributed by atoms with Crippen molar-refractivity contribution in [2.75, 3.05) is 40.4 Å². The number of rotatable bonds is 8. The largest absolute Gasteiger partial charge is 0.383 e. The Balaban J connectivity index is 3.71. The summed E-state index contributed by atoms with van der Waals surface area (Å²) in [5.74, 6) is 0. The van der Waals surface area contributed by atoms with E-state index in [2.05, 4.69) is 23.7 Å². The van der Waals surface area contributed by atoms with E-state index in [1.807, 2.05) is 13.1 Å². The second kappa shape index (κ2) is 8.23. The van der Waals surface area contributed by atoms with Gasteiger partial charge in [0.2, 0.25) is 0 Å². The van der Waals surface area contributed by atoms with Crippen LogP contribution in [0.1, 0.15) is 6.92 Å². The van der Waals surface area contributed by atoms with Crippen molar-refractivity contribution in [2.45, 2.75) is 13.0 Å². The third-order valence-electron chi connectivity index (χ3n) is 2.02. The fourth-order valence-corrected chi connectivity index (χ4v) is 1.14. The quantitative estimate of drug-likeness (QED) is 0.566. The Hall–Kier alpha value is -0.380. The van der Waals surface area contributed by atoms with E-state index in [1.165, 1.54) is 0 Å². The highest BCUT2D eigenvalue weighted by Crippen LogP contribution is 1.92. The van der Waals surface area contributed by atoms with E-state index >= 15 is 0 Å². The summed E-state index contributed by atoms with van der Waals surface area (Å²) in [5.41, 5.74) is 0. The first-order valence-electron chi connectivity index (χ1n) is 4.74. The van der Waals surface area contributed by atoms with Crippen LogP contribution in [0.5, 0.6) is 0 Å². The maximum absolute atomic E-state index is 5.04. The number of nitrogens with zero attached hydrogens (tertiary/aromatic N) is 1. The number of methoxy groups -OCH3 is 1. The molecule has 0 aromatic rings. The van der Waals surface area contributed by atoms with Gasteiger partial charge in [0.15, 0.2) is 0 Å². The molecule has 1 N–H and O–H groups in total. The summed E-state index contributed by atoms with van der Waals surface area (Å²) in [7, 11) is 3.71. The molecule has 0 saturated heterocycles. The summed E-state index contributed by atoms with van der Waals surface area (Å²) in [4.78, 5) is 2.32. The minimum absolute atomic E-state index is 0.511. The first kappa shape index (κ1) is 12.6. The van der Waals surface area contributed by atoms with Crippen LogP contribution in [0.3, 0.4) is 0 Å². The van der Waals surface area contributed by atoms with Crippen LogP contribution in [0.2, 0.25) is 0 Å². The third-order valence-corrected chi connectivity index (χ3v) is 2.02. The summed E-state index contributed by atoms with van der Waals surface area (Å²) >= 11 is 0. The van der Waals surface area contributed by atoms with Gasteiger partial charge in [-0.15, -0.1) is 6.58 Å². The molecular formula is C10H22N2O. The van der Waals surface area contributed by atoms with Gasteiger partial charge in [0, 0.05) is 32.8 Å². The molecule has 0 heterocycles. The van der Waals surface area contributed by atoms with E-state index < -0.39 is 0 Å². The number of hydrogen-bond acceptors (Lipinski definition) is 3. The first-order valence-corrected chi connectivity index (χ1v) is 4.74. The van der Waals surface area contributed by atoms with Gasteiger partial charge in [-0.2, -0.15) is 0 Å². The van der Waals surface area contributed by atoms with Crippen LogP contribution < -0.4 is 5.32 Å². The third kappa shape index (κ3) is 6.75. The molecule has 0 fully saturated rings. The van der Waals surface area contributed by atoms with Gasteiger partial charge in [-0.05, 0) is 14.0 Å². The molecule has 0 spiro atoms. The molecule has 0 radical (unpaired) electrons. The smallest absolute Gasteiger partial charge is 0.0589 e. The Morgan fingerprint density at radius 2 is 2.31 bits per heavy atom. The Labute approximate surface area is 81.8 Å². The normalized spacial score (nSPS) is 13.2. The van der Waals surface area contributed by atoms with Crippen LogP contribution in [0.4, 0.5) is 0 Å². The molecule has 78 valence electrons. The SMILES string of the molecule is C=CCN(CCOC)CC(C)NC. The van der Waals surface area contributed by atoms with Gasteiger partial charge in [0.05, 0.1) is 6.61 Å². The second-order valence-corrected chi connectivity index (χ2v) is 3.23. The molecule has 3 nitrogen and oxygen atoms in total. The van der Waals surface area contributed by atoms with Crippen LogP contribution in [0, 0.1) is 0 Å². The zero-order valence-corrected chi connectivity index (χ0v) is 9.05. The lowest BCUT2D eigenvalue weighted by molar-refractivity contribution is 0.149. The Kier molecular flexibility index (Phi) is 7.99. The fraction of sp³-hybridized carbons (Fsp3) is 0.800. The molecule has 0 aromatic carbocycles. The molecule has 0 rings (SSSR count). The van der Waals surface area contributed by atoms with Gasteiger partial charge in [0.25, 0.3) is 0 Å². The monoisotopic (exact) mass is 186 g/mol. The van der Waals surface area contributed by atoms with Crippen molar-refractivity contribution in [2.24, 2.45) is 0 Å². The highest BCUT2D eigenvalue weighted by Gasteiger charge is 2.06. The zero-order valence-electron chi connectivity index (χ0n) is 9.05. The van der Waals surface area contributed by atoms with Gasteiger partial charge < -0.3 is 10.1 Å². The molecule has 0 aliphatic heterocycles. The van der Waals surface area contributed by atoms with E-state index in [0.29, 0.717) is 6.04 Å². The van der Waals surface area contributed by atoms with Crippen molar-refractivity contribution in [3.05, 3.63) is 12.7 Å². The highest BCUT2D eigenvalue weighted by molar-refractivity contribution is 4.75. The van der Waals surface area contributed by atoms with Crippen molar-refractivity contribution in [3.8, 4) is 0 Å². The lowest BCUT2D eigenvalue weighted by Crippen LogP contribution is -2.39. The van der Waals surface area contributed by atoms with Crippen LogP contribution in [-0.4, -0.2) is 51.3 Å². The van der Waals surface area contributed by atoms with Gasteiger partial charge >= 0.3 is 0 Å². The molecule has 0 bridgehead atoms. The van der Waals surface area contributed by atoms with Crippen LogP contribution in [0.25, 0.3) is 0 Å². The lowest BCUT2D eigenvalue weighted by atomic mass is 10.3. The van der Waals surface area contributed by atoms with Gasteiger partial charge in [-0.3, -0.25) is 4.90 Å². The van der Waals surface area contributed by atoms with Gasteiger partial charge in [-0.25, -0.2) is 0 Å². The minimum atomic E-state index is 0.511. The average Bonchev–Trinajstić information content (AvgIpc) is 2.14. The summed E-state index contributed by atoms with van der Waals surface area (Å²) < 4.78 is 5.04. The van der Waals surface area contributed by atoms with Gasteiger partial charge in [0.1, 0.15) is 0 Å². The topological polar surface area (TPSA) is 24.5 Å². The van der Waals surface area contributed by atoms with Gasteiger partial charge in [-0.1, -0.05) is 6.08 Å². The Morgan fingerprint density at radius 1 is 1.62 bits per heavy atom. The molecule has 0 amide bonds. The molecule has 0 aliphatic carbocycles.